The minimum Gasteiger partial charge on any atom is -0.289 e. The number of hydrogen-bond acceptors (Lipinski definition) is 1. The van der Waals surface area contributed by atoms with Gasteiger partial charge in [-0.15, -0.1) is 0 Å². The predicted molar refractivity (Wildman–Crippen MR) is 86.6 cm³/mol. The van der Waals surface area contributed by atoms with E-state index in [0.29, 0.717) is 11.1 Å². The van der Waals surface area contributed by atoms with E-state index >= 15 is 0 Å². The topological polar surface area (TPSA) is 17.1 Å². The molecule has 0 heterocycles. The molecule has 1 aromatic rings. The number of rotatable bonds is 4. The molecule has 0 atom stereocenters. The van der Waals surface area contributed by atoms with Crippen LogP contribution in [0, 0.1) is 0 Å². The second-order valence-corrected chi connectivity index (χ2v) is 3.05. The average molecular weight is 258 g/mol. The Bertz CT molecular complexity index is 397. The minimum atomic E-state index is 0.0219. The molecule has 0 aliphatic rings. The lowest BCUT2D eigenvalue weighted by molar-refractivity contribution is 0.103. The number of allylic oxidation sites excluding steroid dienone is 5. The zero-order valence-electron chi connectivity index (χ0n) is 12.8. The zero-order valence-corrected chi connectivity index (χ0v) is 12.8. The van der Waals surface area contributed by atoms with Crippen molar-refractivity contribution in [3.63, 3.8) is 0 Å². The van der Waals surface area contributed by atoms with Gasteiger partial charge in [-0.3, -0.25) is 4.79 Å². The third kappa shape index (κ3) is 7.93. The molecule has 0 aliphatic carbocycles. The molecule has 0 bridgehead atoms. The van der Waals surface area contributed by atoms with E-state index in [1.807, 2.05) is 71.0 Å². The van der Waals surface area contributed by atoms with Crippen LogP contribution in [0.1, 0.15) is 45.0 Å². The van der Waals surface area contributed by atoms with Crippen LogP contribution in [-0.2, 0) is 0 Å². The Morgan fingerprint density at radius 3 is 2.00 bits per heavy atom. The molecule has 1 aromatic carbocycles. The second-order valence-electron chi connectivity index (χ2n) is 3.05. The first-order valence-corrected chi connectivity index (χ1v) is 6.84. The van der Waals surface area contributed by atoms with Crippen LogP contribution in [0.5, 0.6) is 0 Å². The van der Waals surface area contributed by atoms with Crippen LogP contribution >= 0.6 is 0 Å². The van der Waals surface area contributed by atoms with Gasteiger partial charge in [-0.25, -0.2) is 0 Å². The smallest absolute Gasteiger partial charge is 0.193 e. The van der Waals surface area contributed by atoms with Gasteiger partial charge in [-0.1, -0.05) is 88.9 Å². The van der Waals surface area contributed by atoms with Crippen molar-refractivity contribution >= 4 is 5.78 Å². The first-order chi connectivity index (χ1) is 9.29. The second kappa shape index (κ2) is 14.2. The molecular formula is C18H26O. The SMILES string of the molecule is C=C/C=C(\C=C/C)C(=O)c1ccccc1.CC.CC. The van der Waals surface area contributed by atoms with E-state index in [2.05, 4.69) is 6.58 Å². The highest BCUT2D eigenvalue weighted by Gasteiger charge is 2.07. The molecule has 0 saturated carbocycles. The van der Waals surface area contributed by atoms with Crippen molar-refractivity contribution in [2.45, 2.75) is 34.6 Å². The summed E-state index contributed by atoms with van der Waals surface area (Å²) in [6.07, 6.45) is 6.97. The molecule has 0 aliphatic heterocycles. The highest BCUT2D eigenvalue weighted by molar-refractivity contribution is 6.10. The van der Waals surface area contributed by atoms with Gasteiger partial charge in [0.15, 0.2) is 5.78 Å². The number of benzene rings is 1. The van der Waals surface area contributed by atoms with Crippen LogP contribution in [0.4, 0.5) is 0 Å². The van der Waals surface area contributed by atoms with Crippen molar-refractivity contribution in [2.75, 3.05) is 0 Å². The Labute approximate surface area is 118 Å². The molecule has 19 heavy (non-hydrogen) atoms. The average Bonchev–Trinajstić information content (AvgIpc) is 2.51. The highest BCUT2D eigenvalue weighted by Crippen LogP contribution is 2.09. The molecule has 0 aromatic heterocycles. The molecule has 104 valence electrons. The molecule has 0 N–H and O–H groups in total. The third-order valence-corrected chi connectivity index (χ3v) is 1.94. The Morgan fingerprint density at radius 1 is 1.05 bits per heavy atom. The standard InChI is InChI=1S/C14H14O.2C2H6/c1-3-8-12(9-4-2)14(15)13-10-6-5-7-11-13;2*1-2/h3-11H,1H2,2H3;2*1-2H3/b9-4-,12-8+;;. The lowest BCUT2D eigenvalue weighted by Crippen LogP contribution is -2.00. The van der Waals surface area contributed by atoms with Gasteiger partial charge in [0.05, 0.1) is 0 Å². The number of Topliss-reactive ketones (excluding diaryl/α,β-unsaturated/α-hetero) is 1. The van der Waals surface area contributed by atoms with Gasteiger partial charge in [0.25, 0.3) is 0 Å². The van der Waals surface area contributed by atoms with Gasteiger partial charge in [-0.05, 0) is 6.92 Å². The Hall–Kier alpha value is -1.89. The van der Waals surface area contributed by atoms with Crippen LogP contribution in [0.25, 0.3) is 0 Å². The maximum atomic E-state index is 12.0. The van der Waals surface area contributed by atoms with E-state index in [1.165, 1.54) is 0 Å². The summed E-state index contributed by atoms with van der Waals surface area (Å²) in [6.45, 7) is 13.5. The molecule has 1 rings (SSSR count). The van der Waals surface area contributed by atoms with Crippen molar-refractivity contribution in [1.82, 2.24) is 0 Å². The van der Waals surface area contributed by atoms with Crippen LogP contribution in [0.15, 0.2) is 66.8 Å². The van der Waals surface area contributed by atoms with Gasteiger partial charge in [0.2, 0.25) is 0 Å². The fourth-order valence-electron chi connectivity index (χ4n) is 1.27. The van der Waals surface area contributed by atoms with Gasteiger partial charge in [0.1, 0.15) is 0 Å². The third-order valence-electron chi connectivity index (χ3n) is 1.94. The Morgan fingerprint density at radius 2 is 1.58 bits per heavy atom. The maximum Gasteiger partial charge on any atom is 0.193 e. The summed E-state index contributed by atoms with van der Waals surface area (Å²) in [5, 5.41) is 0. The lowest BCUT2D eigenvalue weighted by atomic mass is 10.0. The molecule has 1 heteroatoms. The number of carbonyl (C=O) groups excluding carboxylic acids is 1. The molecule has 0 saturated heterocycles. The number of hydrogen-bond donors (Lipinski definition) is 0. The van der Waals surface area contributed by atoms with Crippen molar-refractivity contribution in [2.24, 2.45) is 0 Å². The van der Waals surface area contributed by atoms with Crippen molar-refractivity contribution < 1.29 is 4.79 Å². The Kier molecular flexibility index (Phi) is 14.5. The zero-order chi connectivity index (χ0) is 15.1. The summed E-state index contributed by atoms with van der Waals surface area (Å²) in [5.74, 6) is 0.0219. The van der Waals surface area contributed by atoms with Crippen LogP contribution < -0.4 is 0 Å². The summed E-state index contributed by atoms with van der Waals surface area (Å²) >= 11 is 0. The Balaban J connectivity index is 0. The van der Waals surface area contributed by atoms with Gasteiger partial charge in [-0.2, -0.15) is 0 Å². The van der Waals surface area contributed by atoms with Gasteiger partial charge < -0.3 is 0 Å². The summed E-state index contributed by atoms with van der Waals surface area (Å²) < 4.78 is 0. The first-order valence-electron chi connectivity index (χ1n) is 6.84. The van der Waals surface area contributed by atoms with Crippen molar-refractivity contribution in [3.05, 3.63) is 72.4 Å². The molecular weight excluding hydrogens is 232 g/mol. The number of carbonyl (C=O) groups is 1. The molecule has 0 spiro atoms. The van der Waals surface area contributed by atoms with Crippen LogP contribution in [-0.4, -0.2) is 5.78 Å². The van der Waals surface area contributed by atoms with Crippen molar-refractivity contribution in [1.29, 1.82) is 0 Å². The van der Waals surface area contributed by atoms with E-state index in [0.717, 1.165) is 0 Å². The molecule has 0 fully saturated rings. The molecule has 0 radical (unpaired) electrons. The quantitative estimate of drug-likeness (QED) is 0.390. The minimum absolute atomic E-state index is 0.0219. The maximum absolute atomic E-state index is 12.0. The summed E-state index contributed by atoms with van der Waals surface area (Å²) in [4.78, 5) is 12.0. The largest absolute Gasteiger partial charge is 0.289 e. The van der Waals surface area contributed by atoms with Crippen LogP contribution in [0.2, 0.25) is 0 Å². The fraction of sp³-hybridized carbons (Fsp3) is 0.278. The normalized spacial score (nSPS) is 9.84. The molecule has 0 amide bonds. The first kappa shape index (κ1) is 19.4. The monoisotopic (exact) mass is 258 g/mol. The van der Waals surface area contributed by atoms with E-state index in [9.17, 15) is 4.79 Å². The summed E-state index contributed by atoms with van der Waals surface area (Å²) in [7, 11) is 0. The summed E-state index contributed by atoms with van der Waals surface area (Å²) in [5.41, 5.74) is 1.35. The van der Waals surface area contributed by atoms with Gasteiger partial charge >= 0.3 is 0 Å². The highest BCUT2D eigenvalue weighted by atomic mass is 16.1. The summed E-state index contributed by atoms with van der Waals surface area (Å²) in [6, 6.07) is 9.22. The molecule has 0 unspecified atom stereocenters. The van der Waals surface area contributed by atoms with Crippen molar-refractivity contribution in [3.8, 4) is 0 Å². The van der Waals surface area contributed by atoms with E-state index < -0.39 is 0 Å². The van der Waals surface area contributed by atoms with Crippen LogP contribution in [0.3, 0.4) is 0 Å². The van der Waals surface area contributed by atoms with E-state index in [-0.39, 0.29) is 5.78 Å². The molecule has 1 nitrogen and oxygen atoms in total. The number of ketones is 1. The lowest BCUT2D eigenvalue weighted by Gasteiger charge is -2.00. The van der Waals surface area contributed by atoms with E-state index in [1.54, 1.807) is 18.2 Å². The predicted octanol–water partition coefficient (Wildman–Crippen LogP) is 5.61. The van der Waals surface area contributed by atoms with Gasteiger partial charge in [0, 0.05) is 11.1 Å². The fourth-order valence-corrected chi connectivity index (χ4v) is 1.27. The van der Waals surface area contributed by atoms with E-state index in [4.69, 9.17) is 0 Å².